The molecule has 0 bridgehead atoms. The maximum Gasteiger partial charge on any atom is 0.258 e. The molecule has 1 atom stereocenters. The largest absolute Gasteiger partial charge is 0.488 e. The molecule has 2 aromatic carbocycles. The number of hydrogen-bond acceptors (Lipinski definition) is 6. The monoisotopic (exact) mass is 482 g/mol. The van der Waals surface area contributed by atoms with Crippen LogP contribution < -0.4 is 9.47 Å². The summed E-state index contributed by atoms with van der Waals surface area (Å²) in [7, 11) is 1.55. The summed E-state index contributed by atoms with van der Waals surface area (Å²) in [5.41, 5.74) is 6.27. The zero-order valence-electron chi connectivity index (χ0n) is 19.8. The predicted octanol–water partition coefficient (Wildman–Crippen LogP) is 5.07. The van der Waals surface area contributed by atoms with Gasteiger partial charge < -0.3 is 14.6 Å². The number of methoxy groups -OCH3 is 1. The Bertz CT molecular complexity index is 1600. The van der Waals surface area contributed by atoms with Crippen LogP contribution in [0.1, 0.15) is 65.4 Å². The molecule has 180 valence electrons. The zero-order chi connectivity index (χ0) is 25.0. The number of aliphatic hydroxyl groups excluding tert-OH is 1. The van der Waals surface area contributed by atoms with Crippen molar-refractivity contribution in [1.82, 2.24) is 14.4 Å². The van der Waals surface area contributed by atoms with Crippen molar-refractivity contribution in [2.45, 2.75) is 38.4 Å². The molecule has 7 nitrogen and oxygen atoms in total. The van der Waals surface area contributed by atoms with Gasteiger partial charge in [-0.15, -0.1) is 0 Å². The molecule has 0 spiro atoms. The first kappa shape index (κ1) is 22.3. The number of nitriles is 1. The number of nitrogens with zero attached hydrogens (tertiary/aromatic N) is 4. The van der Waals surface area contributed by atoms with Crippen LogP contribution in [0.3, 0.4) is 0 Å². The second-order valence-corrected chi connectivity index (χ2v) is 9.15. The summed E-state index contributed by atoms with van der Waals surface area (Å²) in [5, 5.41) is 21.3. The number of aromatic nitrogens is 3. The molecule has 1 N–H and O–H groups in total. The van der Waals surface area contributed by atoms with E-state index in [9.17, 15) is 14.8 Å². The van der Waals surface area contributed by atoms with Crippen molar-refractivity contribution in [2.75, 3.05) is 7.11 Å². The van der Waals surface area contributed by atoms with Crippen molar-refractivity contribution in [3.05, 3.63) is 93.8 Å². The molecule has 2 aromatic heterocycles. The van der Waals surface area contributed by atoms with E-state index in [1.165, 1.54) is 12.1 Å². The van der Waals surface area contributed by atoms with E-state index in [2.05, 4.69) is 11.1 Å². The fourth-order valence-corrected chi connectivity index (χ4v) is 4.95. The van der Waals surface area contributed by atoms with Gasteiger partial charge in [-0.05, 0) is 54.7 Å². The first-order valence-corrected chi connectivity index (χ1v) is 11.8. The van der Waals surface area contributed by atoms with E-state index in [-0.39, 0.29) is 6.61 Å². The van der Waals surface area contributed by atoms with Crippen LogP contribution in [-0.2, 0) is 6.61 Å². The van der Waals surface area contributed by atoms with Crippen LogP contribution in [0.5, 0.6) is 11.6 Å². The highest BCUT2D eigenvalue weighted by Crippen LogP contribution is 2.45. The number of imidazole rings is 1. The zero-order valence-corrected chi connectivity index (χ0v) is 19.8. The normalized spacial score (nSPS) is 16.9. The molecular weight excluding hydrogens is 459 g/mol. The Hall–Kier alpha value is -4.22. The first-order valence-electron chi connectivity index (χ1n) is 11.8. The van der Waals surface area contributed by atoms with E-state index >= 15 is 0 Å². The lowest BCUT2D eigenvalue weighted by atomic mass is 9.89. The molecule has 3 heterocycles. The summed E-state index contributed by atoms with van der Waals surface area (Å²) in [6.45, 7) is 1.91. The topological polar surface area (TPSA) is 92.7 Å². The van der Waals surface area contributed by atoms with E-state index in [1.54, 1.807) is 32.5 Å². The van der Waals surface area contributed by atoms with Crippen molar-refractivity contribution in [1.29, 1.82) is 5.26 Å². The van der Waals surface area contributed by atoms with Gasteiger partial charge in [0.05, 0.1) is 24.6 Å². The van der Waals surface area contributed by atoms with E-state index in [4.69, 9.17) is 14.5 Å². The number of benzene rings is 2. The number of hydrogen-bond donors (Lipinski definition) is 1. The fourth-order valence-electron chi connectivity index (χ4n) is 4.95. The van der Waals surface area contributed by atoms with E-state index in [1.807, 2.05) is 22.6 Å². The smallest absolute Gasteiger partial charge is 0.258 e. The average Bonchev–Trinajstić information content (AvgIpc) is 3.69. The van der Waals surface area contributed by atoms with Gasteiger partial charge in [-0.25, -0.2) is 14.4 Å². The van der Waals surface area contributed by atoms with Gasteiger partial charge >= 0.3 is 0 Å². The van der Waals surface area contributed by atoms with Gasteiger partial charge in [0, 0.05) is 41.1 Å². The quantitative estimate of drug-likeness (QED) is 0.408. The third kappa shape index (κ3) is 3.51. The van der Waals surface area contributed by atoms with Crippen LogP contribution in [0.2, 0.25) is 0 Å². The van der Waals surface area contributed by atoms with E-state index in [0.717, 1.165) is 29.7 Å². The Kier molecular flexibility index (Phi) is 5.23. The lowest BCUT2D eigenvalue weighted by Crippen LogP contribution is -2.08. The van der Waals surface area contributed by atoms with Gasteiger partial charge in [-0.1, -0.05) is 12.1 Å². The molecule has 2 aliphatic rings. The molecule has 1 fully saturated rings. The number of ether oxygens (including phenoxy) is 2. The molecule has 8 heteroatoms. The van der Waals surface area contributed by atoms with Crippen LogP contribution >= 0.6 is 0 Å². The van der Waals surface area contributed by atoms with Crippen molar-refractivity contribution in [2.24, 2.45) is 0 Å². The van der Waals surface area contributed by atoms with Crippen molar-refractivity contribution >= 4 is 11.2 Å². The Morgan fingerprint density at radius 1 is 1.25 bits per heavy atom. The van der Waals surface area contributed by atoms with Crippen LogP contribution in [0.15, 0.2) is 54.4 Å². The summed E-state index contributed by atoms with van der Waals surface area (Å²) < 4.78 is 27.2. The molecule has 6 rings (SSSR count). The summed E-state index contributed by atoms with van der Waals surface area (Å²) in [6.07, 6.45) is 4.50. The molecular formula is C28H23FN4O3. The van der Waals surface area contributed by atoms with Crippen LogP contribution in [0.4, 0.5) is 4.39 Å². The molecule has 1 aliphatic heterocycles. The van der Waals surface area contributed by atoms with Crippen LogP contribution in [-0.4, -0.2) is 26.6 Å². The number of aliphatic hydroxyl groups is 1. The average molecular weight is 483 g/mol. The molecule has 1 saturated carbocycles. The molecule has 0 amide bonds. The maximum atomic E-state index is 14.0. The van der Waals surface area contributed by atoms with E-state index < -0.39 is 11.9 Å². The minimum absolute atomic E-state index is 0.176. The van der Waals surface area contributed by atoms with Crippen LogP contribution in [0, 0.1) is 17.1 Å². The van der Waals surface area contributed by atoms with Gasteiger partial charge in [-0.3, -0.25) is 4.40 Å². The Morgan fingerprint density at radius 2 is 2.06 bits per heavy atom. The predicted molar refractivity (Wildman–Crippen MR) is 130 cm³/mol. The highest BCUT2D eigenvalue weighted by Gasteiger charge is 2.34. The minimum atomic E-state index is -0.958. The van der Waals surface area contributed by atoms with Gasteiger partial charge in [0.15, 0.2) is 0 Å². The first-order chi connectivity index (χ1) is 17.5. The second kappa shape index (κ2) is 8.47. The molecule has 1 aliphatic carbocycles. The summed E-state index contributed by atoms with van der Waals surface area (Å²) >= 11 is 0. The molecule has 0 saturated heterocycles. The Balaban J connectivity index is 1.49. The fraction of sp³-hybridized carbons (Fsp3) is 0.250. The Labute approximate surface area is 207 Å². The molecule has 4 aromatic rings. The van der Waals surface area contributed by atoms with Gasteiger partial charge in [0.2, 0.25) is 5.65 Å². The SMILES string of the molecule is COc1nccn2c(C(O)c3ccc4c(c3)COc3cc(F)ccc3/C4=C(\C)C#N)c(C3CC3)nc12. The number of rotatable bonds is 4. The third-order valence-electron chi connectivity index (χ3n) is 6.84. The highest BCUT2D eigenvalue weighted by molar-refractivity contribution is 5.88. The second-order valence-electron chi connectivity index (χ2n) is 9.15. The summed E-state index contributed by atoms with van der Waals surface area (Å²) in [5.74, 6) is 0.672. The highest BCUT2D eigenvalue weighted by atomic mass is 19.1. The Morgan fingerprint density at radius 3 is 2.81 bits per heavy atom. The van der Waals surface area contributed by atoms with Gasteiger partial charge in [0.25, 0.3) is 5.88 Å². The lowest BCUT2D eigenvalue weighted by molar-refractivity contribution is 0.212. The van der Waals surface area contributed by atoms with Crippen LogP contribution in [0.25, 0.3) is 11.2 Å². The van der Waals surface area contributed by atoms with Crippen molar-refractivity contribution in [3.8, 4) is 17.7 Å². The third-order valence-corrected chi connectivity index (χ3v) is 6.84. The molecule has 0 radical (unpaired) electrons. The van der Waals surface area contributed by atoms with Gasteiger partial charge in [-0.2, -0.15) is 5.26 Å². The number of fused-ring (bicyclic) bond motifs is 3. The molecule has 1 unspecified atom stereocenters. The van der Waals surface area contributed by atoms with Crippen molar-refractivity contribution < 1.29 is 19.0 Å². The number of allylic oxidation sites excluding steroid dienone is 1. The molecule has 36 heavy (non-hydrogen) atoms. The summed E-state index contributed by atoms with van der Waals surface area (Å²) in [6, 6.07) is 12.2. The minimum Gasteiger partial charge on any atom is -0.488 e. The van der Waals surface area contributed by atoms with E-state index in [0.29, 0.717) is 51.2 Å². The lowest BCUT2D eigenvalue weighted by Gasteiger charge is -2.17. The standard InChI is InChI=1S/C28H23FN4O3/c1-15(13-30)23-20-7-5-17(11-18(20)14-36-22-12-19(29)6-8-21(22)23)26(34)25-24(16-3-4-16)32-27-28(35-2)31-9-10-33(25)27/h5-12,16,26,34H,3-4,14H2,1-2H3/b23-15+. The van der Waals surface area contributed by atoms with Crippen molar-refractivity contribution in [3.63, 3.8) is 0 Å². The van der Waals surface area contributed by atoms with Gasteiger partial charge in [0.1, 0.15) is 24.3 Å². The summed E-state index contributed by atoms with van der Waals surface area (Å²) in [4.78, 5) is 9.04. The number of halogens is 1. The maximum absolute atomic E-state index is 14.0.